The Labute approximate surface area is 130 Å². The highest BCUT2D eigenvalue weighted by Gasteiger charge is 2.12. The summed E-state index contributed by atoms with van der Waals surface area (Å²) in [6, 6.07) is 6.02. The maximum atomic E-state index is 6.02. The van der Waals surface area contributed by atoms with E-state index in [1.807, 2.05) is 12.1 Å². The Bertz CT molecular complexity index is 424. The summed E-state index contributed by atoms with van der Waals surface area (Å²) >= 11 is 0. The summed E-state index contributed by atoms with van der Waals surface area (Å²) in [5, 5.41) is 3.51. The lowest BCUT2D eigenvalue weighted by atomic mass is 10.1. The summed E-state index contributed by atoms with van der Waals surface area (Å²) in [6.45, 7) is 12.5. The molecule has 1 N–H and O–H groups in total. The third-order valence-electron chi connectivity index (χ3n) is 3.38. The van der Waals surface area contributed by atoms with Crippen LogP contribution in [0, 0.1) is 5.92 Å². The summed E-state index contributed by atoms with van der Waals surface area (Å²) in [4.78, 5) is 0. The van der Waals surface area contributed by atoms with Crippen molar-refractivity contribution in [2.24, 2.45) is 5.92 Å². The van der Waals surface area contributed by atoms with Gasteiger partial charge in [0.05, 0.1) is 13.7 Å². The molecule has 21 heavy (non-hydrogen) atoms. The van der Waals surface area contributed by atoms with Gasteiger partial charge in [-0.1, -0.05) is 20.3 Å². The van der Waals surface area contributed by atoms with Crippen molar-refractivity contribution in [2.75, 3.05) is 13.7 Å². The third-order valence-corrected chi connectivity index (χ3v) is 3.38. The number of ether oxygens (including phenoxy) is 2. The number of hydrogen-bond donors (Lipinski definition) is 1. The largest absolute Gasteiger partial charge is 0.497 e. The summed E-state index contributed by atoms with van der Waals surface area (Å²) in [5.74, 6) is 2.41. The van der Waals surface area contributed by atoms with E-state index in [4.69, 9.17) is 9.47 Å². The summed E-state index contributed by atoms with van der Waals surface area (Å²) in [6.07, 6.45) is 2.40. The first kappa shape index (κ1) is 17.8. The van der Waals surface area contributed by atoms with Gasteiger partial charge in [-0.25, -0.2) is 0 Å². The molecule has 0 aliphatic rings. The fraction of sp³-hybridized carbons (Fsp3) is 0.667. The molecule has 0 bridgehead atoms. The number of hydrogen-bond acceptors (Lipinski definition) is 3. The van der Waals surface area contributed by atoms with Crippen molar-refractivity contribution in [2.45, 2.75) is 59.5 Å². The number of methoxy groups -OCH3 is 1. The van der Waals surface area contributed by atoms with Crippen LogP contribution in [-0.2, 0) is 6.54 Å². The molecule has 0 radical (unpaired) electrons. The van der Waals surface area contributed by atoms with Crippen LogP contribution in [0.15, 0.2) is 18.2 Å². The quantitative estimate of drug-likeness (QED) is 0.770. The minimum absolute atomic E-state index is 0.0792. The van der Waals surface area contributed by atoms with Crippen LogP contribution in [0.1, 0.15) is 53.0 Å². The number of nitrogens with one attached hydrogen (secondary N) is 1. The zero-order valence-electron chi connectivity index (χ0n) is 14.5. The van der Waals surface area contributed by atoms with Crippen molar-refractivity contribution >= 4 is 0 Å². The molecule has 1 unspecified atom stereocenters. The molecule has 1 aromatic rings. The van der Waals surface area contributed by atoms with E-state index in [1.54, 1.807) is 7.11 Å². The highest BCUT2D eigenvalue weighted by Crippen LogP contribution is 2.25. The predicted molar refractivity (Wildman–Crippen MR) is 89.2 cm³/mol. The van der Waals surface area contributed by atoms with Gasteiger partial charge in [-0.3, -0.25) is 0 Å². The van der Waals surface area contributed by atoms with Crippen molar-refractivity contribution in [3.05, 3.63) is 23.8 Å². The molecule has 3 nitrogen and oxygen atoms in total. The topological polar surface area (TPSA) is 30.5 Å². The van der Waals surface area contributed by atoms with E-state index in [2.05, 4.69) is 46.0 Å². The van der Waals surface area contributed by atoms with Gasteiger partial charge in [0.1, 0.15) is 11.5 Å². The molecule has 1 atom stereocenters. The van der Waals surface area contributed by atoms with Crippen LogP contribution in [0.4, 0.5) is 0 Å². The average Bonchev–Trinajstić information content (AvgIpc) is 2.42. The van der Waals surface area contributed by atoms with Crippen LogP contribution in [0.2, 0.25) is 0 Å². The molecule has 120 valence electrons. The Morgan fingerprint density at radius 1 is 1.24 bits per heavy atom. The number of rotatable bonds is 8. The number of benzene rings is 1. The van der Waals surface area contributed by atoms with E-state index in [0.29, 0.717) is 5.92 Å². The molecule has 1 rings (SSSR count). The van der Waals surface area contributed by atoms with E-state index in [1.165, 1.54) is 12.8 Å². The van der Waals surface area contributed by atoms with Gasteiger partial charge in [0.15, 0.2) is 0 Å². The van der Waals surface area contributed by atoms with Gasteiger partial charge in [0.25, 0.3) is 0 Å². The van der Waals surface area contributed by atoms with Gasteiger partial charge < -0.3 is 14.8 Å². The monoisotopic (exact) mass is 293 g/mol. The zero-order valence-corrected chi connectivity index (χ0v) is 14.5. The van der Waals surface area contributed by atoms with E-state index >= 15 is 0 Å². The van der Waals surface area contributed by atoms with Crippen LogP contribution in [0.5, 0.6) is 11.5 Å². The Kier molecular flexibility index (Phi) is 7.03. The van der Waals surface area contributed by atoms with E-state index < -0.39 is 0 Å². The Morgan fingerprint density at radius 2 is 1.95 bits per heavy atom. The van der Waals surface area contributed by atoms with Gasteiger partial charge in [-0.15, -0.1) is 0 Å². The van der Waals surface area contributed by atoms with Gasteiger partial charge in [0, 0.05) is 17.6 Å². The Balaban J connectivity index is 2.76. The van der Waals surface area contributed by atoms with Crippen LogP contribution in [-0.4, -0.2) is 19.3 Å². The Hall–Kier alpha value is -1.22. The second kappa shape index (κ2) is 8.28. The minimum atomic E-state index is 0.0792. The molecule has 0 saturated carbocycles. The third kappa shape index (κ3) is 6.85. The molecule has 0 amide bonds. The SMILES string of the molecule is CCCC(C)COc1ccc(OC)cc1CNC(C)(C)C. The van der Waals surface area contributed by atoms with Crippen LogP contribution < -0.4 is 14.8 Å². The standard InChI is InChI=1S/C18H31NO2/c1-7-8-14(2)13-21-17-10-9-16(20-6)11-15(17)12-19-18(3,4)5/h9-11,14,19H,7-8,12-13H2,1-6H3. The van der Waals surface area contributed by atoms with E-state index in [0.717, 1.165) is 30.2 Å². The highest BCUT2D eigenvalue weighted by molar-refractivity contribution is 5.40. The summed E-state index contributed by atoms with van der Waals surface area (Å²) in [7, 11) is 1.69. The van der Waals surface area contributed by atoms with Crippen molar-refractivity contribution < 1.29 is 9.47 Å². The second-order valence-corrected chi connectivity index (χ2v) is 6.78. The van der Waals surface area contributed by atoms with Gasteiger partial charge in [0.2, 0.25) is 0 Å². The van der Waals surface area contributed by atoms with Crippen LogP contribution >= 0.6 is 0 Å². The maximum absolute atomic E-state index is 6.02. The van der Waals surface area contributed by atoms with E-state index in [9.17, 15) is 0 Å². The maximum Gasteiger partial charge on any atom is 0.124 e. The van der Waals surface area contributed by atoms with Crippen molar-refractivity contribution in [1.82, 2.24) is 5.32 Å². The second-order valence-electron chi connectivity index (χ2n) is 6.78. The van der Waals surface area contributed by atoms with Gasteiger partial charge in [-0.2, -0.15) is 0 Å². The lowest BCUT2D eigenvalue weighted by Crippen LogP contribution is -2.35. The van der Waals surface area contributed by atoms with Crippen LogP contribution in [0.25, 0.3) is 0 Å². The van der Waals surface area contributed by atoms with Crippen molar-refractivity contribution in [3.63, 3.8) is 0 Å². The van der Waals surface area contributed by atoms with Crippen molar-refractivity contribution in [1.29, 1.82) is 0 Å². The predicted octanol–water partition coefficient (Wildman–Crippen LogP) is 4.40. The lowest BCUT2D eigenvalue weighted by molar-refractivity contribution is 0.248. The van der Waals surface area contributed by atoms with Crippen molar-refractivity contribution in [3.8, 4) is 11.5 Å². The fourth-order valence-corrected chi connectivity index (χ4v) is 2.13. The summed E-state index contributed by atoms with van der Waals surface area (Å²) < 4.78 is 11.3. The summed E-state index contributed by atoms with van der Waals surface area (Å²) in [5.41, 5.74) is 1.23. The fourth-order valence-electron chi connectivity index (χ4n) is 2.13. The molecule has 0 spiro atoms. The molecule has 1 aromatic carbocycles. The smallest absolute Gasteiger partial charge is 0.124 e. The average molecular weight is 293 g/mol. The first-order valence-corrected chi connectivity index (χ1v) is 7.90. The molecular weight excluding hydrogens is 262 g/mol. The van der Waals surface area contributed by atoms with E-state index in [-0.39, 0.29) is 5.54 Å². The normalized spacial score (nSPS) is 13.0. The minimum Gasteiger partial charge on any atom is -0.497 e. The molecule has 0 saturated heterocycles. The first-order chi connectivity index (χ1) is 9.85. The van der Waals surface area contributed by atoms with Gasteiger partial charge >= 0.3 is 0 Å². The van der Waals surface area contributed by atoms with Gasteiger partial charge in [-0.05, 0) is 51.3 Å². The molecule has 0 fully saturated rings. The highest BCUT2D eigenvalue weighted by atomic mass is 16.5. The molecule has 0 aliphatic heterocycles. The Morgan fingerprint density at radius 3 is 2.52 bits per heavy atom. The lowest BCUT2D eigenvalue weighted by Gasteiger charge is -2.22. The molecular formula is C18H31NO2. The molecule has 3 heteroatoms. The molecule has 0 aliphatic carbocycles. The molecule has 0 heterocycles. The first-order valence-electron chi connectivity index (χ1n) is 7.90. The zero-order chi connectivity index (χ0) is 15.9. The van der Waals surface area contributed by atoms with Crippen LogP contribution in [0.3, 0.4) is 0 Å². The molecule has 0 aromatic heterocycles.